The van der Waals surface area contributed by atoms with Crippen LogP contribution in [0.25, 0.3) is 0 Å². The predicted molar refractivity (Wildman–Crippen MR) is 107 cm³/mol. The molecule has 1 atom stereocenters. The minimum Gasteiger partial charge on any atom is -0.397 e. The maximum absolute atomic E-state index is 5.69. The van der Waals surface area contributed by atoms with Crippen molar-refractivity contribution in [3.05, 3.63) is 0 Å². The van der Waals surface area contributed by atoms with Crippen molar-refractivity contribution in [1.29, 1.82) is 0 Å². The van der Waals surface area contributed by atoms with E-state index in [4.69, 9.17) is 8.85 Å². The van der Waals surface area contributed by atoms with Gasteiger partial charge in [-0.1, -0.05) is 13.8 Å². The van der Waals surface area contributed by atoms with Crippen LogP contribution in [-0.2, 0) is 8.85 Å². The highest BCUT2D eigenvalue weighted by atomic mass is 28.4. The van der Waals surface area contributed by atoms with Gasteiger partial charge in [0.05, 0.1) is 0 Å². The molecule has 0 saturated heterocycles. The van der Waals surface area contributed by atoms with Crippen LogP contribution in [0.4, 0.5) is 0 Å². The smallest absolute Gasteiger partial charge is 0.348 e. The molecule has 0 aromatic heterocycles. The summed E-state index contributed by atoms with van der Waals surface area (Å²) >= 11 is 0. The zero-order valence-corrected chi connectivity index (χ0v) is 18.4. The van der Waals surface area contributed by atoms with Gasteiger partial charge in [0.1, 0.15) is 0 Å². The molecule has 0 heterocycles. The van der Waals surface area contributed by atoms with Gasteiger partial charge < -0.3 is 24.0 Å². The minimum absolute atomic E-state index is 0.610. The second-order valence-corrected chi connectivity index (χ2v) is 10.5. The highest BCUT2D eigenvalue weighted by Gasteiger charge is 2.31. The molecular weight excluding hydrogens is 318 g/mol. The second-order valence-electron chi connectivity index (χ2n) is 7.09. The summed E-state index contributed by atoms with van der Waals surface area (Å²) < 4.78 is 11.4. The van der Waals surface area contributed by atoms with E-state index in [-0.39, 0.29) is 0 Å². The van der Waals surface area contributed by atoms with Gasteiger partial charge in [0.15, 0.2) is 0 Å². The molecule has 6 heteroatoms. The molecule has 24 heavy (non-hydrogen) atoms. The Hall–Kier alpha value is 0.0169. The topological polar surface area (TPSA) is 37.0 Å². The molecule has 0 saturated carbocycles. The number of rotatable bonds is 16. The second kappa shape index (κ2) is 14.2. The van der Waals surface area contributed by atoms with Crippen molar-refractivity contribution in [2.45, 2.75) is 59.0 Å². The van der Waals surface area contributed by atoms with Crippen molar-refractivity contribution < 1.29 is 8.85 Å². The Labute approximate surface area is 152 Å². The Kier molecular flexibility index (Phi) is 14.2. The minimum atomic E-state index is -2.05. The highest BCUT2D eigenvalue weighted by molar-refractivity contribution is 6.66. The highest BCUT2D eigenvalue weighted by Crippen LogP contribution is 2.09. The van der Waals surface area contributed by atoms with Gasteiger partial charge in [-0.3, -0.25) is 0 Å². The SMILES string of the molecule is CCCN(C)CCCN(CCCNC(C)CC)C[Si](C)(OC)OC. The Morgan fingerprint density at radius 2 is 1.62 bits per heavy atom. The Balaban J connectivity index is 4.33. The summed E-state index contributed by atoms with van der Waals surface area (Å²) in [4.78, 5) is 4.96. The molecular formula is C18H43N3O2Si. The average Bonchev–Trinajstić information content (AvgIpc) is 2.58. The van der Waals surface area contributed by atoms with Gasteiger partial charge in [-0.05, 0) is 78.9 Å². The van der Waals surface area contributed by atoms with Crippen molar-refractivity contribution in [2.75, 3.05) is 60.2 Å². The number of hydrogen-bond donors (Lipinski definition) is 1. The van der Waals surface area contributed by atoms with E-state index >= 15 is 0 Å². The van der Waals surface area contributed by atoms with Crippen molar-refractivity contribution in [2.24, 2.45) is 0 Å². The van der Waals surface area contributed by atoms with E-state index in [1.807, 2.05) is 0 Å². The standard InChI is InChI=1S/C18H43N3O2Si/c1-8-13-20(4)14-11-16-21(17-24(7,22-5)23-6)15-10-12-19-18(3)9-2/h18-19H,8-17H2,1-7H3. The molecule has 0 aliphatic heterocycles. The third-order valence-electron chi connectivity index (χ3n) is 4.75. The summed E-state index contributed by atoms with van der Waals surface area (Å²) in [5.74, 6) is 0. The largest absolute Gasteiger partial charge is 0.397 e. The zero-order valence-electron chi connectivity index (χ0n) is 17.4. The predicted octanol–water partition coefficient (Wildman–Crippen LogP) is 2.70. The first-order chi connectivity index (χ1) is 11.4. The maximum Gasteiger partial charge on any atom is 0.348 e. The molecule has 0 amide bonds. The van der Waals surface area contributed by atoms with E-state index in [9.17, 15) is 0 Å². The van der Waals surface area contributed by atoms with Crippen molar-refractivity contribution >= 4 is 8.56 Å². The first-order valence-corrected chi connectivity index (χ1v) is 12.2. The van der Waals surface area contributed by atoms with E-state index in [2.05, 4.69) is 49.5 Å². The van der Waals surface area contributed by atoms with E-state index in [0.29, 0.717) is 6.04 Å². The van der Waals surface area contributed by atoms with Gasteiger partial charge in [0, 0.05) is 26.4 Å². The summed E-state index contributed by atoms with van der Waals surface area (Å²) in [7, 11) is 3.74. The molecule has 0 spiro atoms. The van der Waals surface area contributed by atoms with E-state index in [1.165, 1.54) is 32.2 Å². The van der Waals surface area contributed by atoms with Crippen molar-refractivity contribution in [3.63, 3.8) is 0 Å². The van der Waals surface area contributed by atoms with Crippen LogP contribution in [0, 0.1) is 0 Å². The van der Waals surface area contributed by atoms with Crippen LogP contribution in [0.1, 0.15) is 46.5 Å². The summed E-state index contributed by atoms with van der Waals surface area (Å²) in [6.45, 7) is 14.5. The lowest BCUT2D eigenvalue weighted by Crippen LogP contribution is -2.50. The van der Waals surface area contributed by atoms with E-state index in [1.54, 1.807) is 14.2 Å². The van der Waals surface area contributed by atoms with Gasteiger partial charge in [0.25, 0.3) is 0 Å². The number of nitrogens with zero attached hydrogens (tertiary/aromatic N) is 2. The molecule has 0 aromatic carbocycles. The van der Waals surface area contributed by atoms with Gasteiger partial charge >= 0.3 is 8.56 Å². The first-order valence-electron chi connectivity index (χ1n) is 9.65. The van der Waals surface area contributed by atoms with Crippen LogP contribution in [0.3, 0.4) is 0 Å². The summed E-state index contributed by atoms with van der Waals surface area (Å²) in [5.41, 5.74) is 0. The zero-order chi connectivity index (χ0) is 18.4. The van der Waals surface area contributed by atoms with Gasteiger partial charge in [-0.25, -0.2) is 0 Å². The monoisotopic (exact) mass is 361 g/mol. The summed E-state index contributed by atoms with van der Waals surface area (Å²) in [5, 5.41) is 3.58. The van der Waals surface area contributed by atoms with E-state index < -0.39 is 8.56 Å². The Bertz CT molecular complexity index is 291. The fourth-order valence-corrected chi connectivity index (χ4v) is 4.30. The molecule has 5 nitrogen and oxygen atoms in total. The molecule has 0 aliphatic carbocycles. The molecule has 0 rings (SSSR count). The Morgan fingerprint density at radius 1 is 1.00 bits per heavy atom. The van der Waals surface area contributed by atoms with Gasteiger partial charge in [-0.2, -0.15) is 0 Å². The molecule has 1 unspecified atom stereocenters. The van der Waals surface area contributed by atoms with Gasteiger partial charge in [-0.15, -0.1) is 0 Å². The third kappa shape index (κ3) is 11.6. The summed E-state index contributed by atoms with van der Waals surface area (Å²) in [6.07, 6.45) is 5.73. The molecule has 1 N–H and O–H groups in total. The molecule has 146 valence electrons. The molecule has 0 bridgehead atoms. The number of nitrogens with one attached hydrogen (secondary N) is 1. The fourth-order valence-electron chi connectivity index (χ4n) is 2.74. The quantitative estimate of drug-likeness (QED) is 0.338. The number of hydrogen-bond acceptors (Lipinski definition) is 5. The van der Waals surface area contributed by atoms with E-state index in [0.717, 1.165) is 32.3 Å². The third-order valence-corrected chi connectivity index (χ3v) is 7.50. The summed E-state index contributed by atoms with van der Waals surface area (Å²) in [6, 6.07) is 0.610. The van der Waals surface area contributed by atoms with Crippen LogP contribution in [0.2, 0.25) is 6.55 Å². The molecule has 0 fully saturated rings. The molecule has 0 aliphatic rings. The van der Waals surface area contributed by atoms with Crippen LogP contribution < -0.4 is 5.32 Å². The molecule has 0 radical (unpaired) electrons. The lowest BCUT2D eigenvalue weighted by atomic mass is 10.2. The lowest BCUT2D eigenvalue weighted by molar-refractivity contribution is 0.200. The first kappa shape index (κ1) is 24.0. The maximum atomic E-state index is 5.69. The Morgan fingerprint density at radius 3 is 2.17 bits per heavy atom. The van der Waals surface area contributed by atoms with Crippen molar-refractivity contribution in [1.82, 2.24) is 15.1 Å². The average molecular weight is 362 g/mol. The molecule has 0 aromatic rings. The lowest BCUT2D eigenvalue weighted by Gasteiger charge is -2.31. The van der Waals surface area contributed by atoms with Crippen LogP contribution >= 0.6 is 0 Å². The van der Waals surface area contributed by atoms with Crippen LogP contribution in [-0.4, -0.2) is 84.6 Å². The van der Waals surface area contributed by atoms with Gasteiger partial charge in [0.2, 0.25) is 0 Å². The van der Waals surface area contributed by atoms with Crippen LogP contribution in [0.5, 0.6) is 0 Å². The van der Waals surface area contributed by atoms with Crippen LogP contribution in [0.15, 0.2) is 0 Å². The normalized spacial score (nSPS) is 13.9. The van der Waals surface area contributed by atoms with Crippen molar-refractivity contribution in [3.8, 4) is 0 Å². The fraction of sp³-hybridized carbons (Fsp3) is 1.00.